The SMILES string of the molecule is CCNC(=O)CCOc1cc([N+](=O)[O-])ccc1Cl. The van der Waals surface area contributed by atoms with Crippen molar-refractivity contribution in [2.45, 2.75) is 13.3 Å². The number of hydrogen-bond acceptors (Lipinski definition) is 4. The van der Waals surface area contributed by atoms with E-state index < -0.39 is 4.92 Å². The second kappa shape index (κ2) is 6.80. The van der Waals surface area contributed by atoms with Crippen LogP contribution in [0.5, 0.6) is 5.75 Å². The lowest BCUT2D eigenvalue weighted by molar-refractivity contribution is -0.384. The van der Waals surface area contributed by atoms with Crippen LogP contribution in [-0.4, -0.2) is 24.0 Å². The number of non-ortho nitro benzene ring substituents is 1. The van der Waals surface area contributed by atoms with Gasteiger partial charge >= 0.3 is 0 Å². The molecule has 1 amide bonds. The monoisotopic (exact) mass is 272 g/mol. The summed E-state index contributed by atoms with van der Waals surface area (Å²) < 4.78 is 5.25. The van der Waals surface area contributed by atoms with Crippen LogP contribution in [0.15, 0.2) is 18.2 Å². The van der Waals surface area contributed by atoms with Crippen LogP contribution in [0.1, 0.15) is 13.3 Å². The average molecular weight is 273 g/mol. The van der Waals surface area contributed by atoms with Gasteiger partial charge in [-0.2, -0.15) is 0 Å². The van der Waals surface area contributed by atoms with Gasteiger partial charge in [-0.1, -0.05) is 11.6 Å². The van der Waals surface area contributed by atoms with Gasteiger partial charge in [-0.15, -0.1) is 0 Å². The highest BCUT2D eigenvalue weighted by Gasteiger charge is 2.11. The molecule has 1 aromatic carbocycles. The predicted octanol–water partition coefficient (Wildman–Crippen LogP) is 2.15. The van der Waals surface area contributed by atoms with Crippen molar-refractivity contribution in [2.24, 2.45) is 0 Å². The van der Waals surface area contributed by atoms with E-state index in [1.54, 1.807) is 0 Å². The molecule has 0 spiro atoms. The van der Waals surface area contributed by atoms with E-state index in [2.05, 4.69) is 5.32 Å². The molecular weight excluding hydrogens is 260 g/mol. The number of nitro benzene ring substituents is 1. The Balaban J connectivity index is 2.58. The summed E-state index contributed by atoms with van der Waals surface area (Å²) in [5, 5.41) is 13.5. The minimum Gasteiger partial charge on any atom is -0.491 e. The molecule has 18 heavy (non-hydrogen) atoms. The molecule has 98 valence electrons. The van der Waals surface area contributed by atoms with Crippen molar-refractivity contribution >= 4 is 23.2 Å². The molecule has 0 atom stereocenters. The first kappa shape index (κ1) is 14.2. The average Bonchev–Trinajstić information content (AvgIpc) is 2.31. The quantitative estimate of drug-likeness (QED) is 0.635. The number of ether oxygens (including phenoxy) is 1. The first-order valence-electron chi connectivity index (χ1n) is 5.38. The Labute approximate surface area is 109 Å². The van der Waals surface area contributed by atoms with Crippen LogP contribution in [0.2, 0.25) is 5.02 Å². The van der Waals surface area contributed by atoms with E-state index in [9.17, 15) is 14.9 Å². The molecule has 7 heteroatoms. The van der Waals surface area contributed by atoms with Crippen LogP contribution >= 0.6 is 11.6 Å². The maximum Gasteiger partial charge on any atom is 0.273 e. The molecule has 0 saturated heterocycles. The largest absolute Gasteiger partial charge is 0.491 e. The summed E-state index contributed by atoms with van der Waals surface area (Å²) in [5.74, 6) is 0.0641. The molecule has 0 aliphatic heterocycles. The maximum atomic E-state index is 11.2. The number of benzene rings is 1. The molecule has 0 heterocycles. The van der Waals surface area contributed by atoms with Crippen molar-refractivity contribution in [3.8, 4) is 5.75 Å². The maximum absolute atomic E-state index is 11.2. The van der Waals surface area contributed by atoms with Crippen molar-refractivity contribution in [1.29, 1.82) is 0 Å². The predicted molar refractivity (Wildman–Crippen MR) is 66.9 cm³/mol. The number of rotatable bonds is 6. The fourth-order valence-corrected chi connectivity index (χ4v) is 1.43. The summed E-state index contributed by atoms with van der Waals surface area (Å²) in [4.78, 5) is 21.2. The van der Waals surface area contributed by atoms with E-state index in [0.717, 1.165) is 0 Å². The number of nitrogens with one attached hydrogen (secondary N) is 1. The number of nitrogens with zero attached hydrogens (tertiary/aromatic N) is 1. The summed E-state index contributed by atoms with van der Waals surface area (Å²) in [6, 6.07) is 3.92. The topological polar surface area (TPSA) is 81.5 Å². The Morgan fingerprint density at radius 1 is 1.56 bits per heavy atom. The van der Waals surface area contributed by atoms with Gasteiger partial charge in [0.15, 0.2) is 0 Å². The highest BCUT2D eigenvalue weighted by atomic mass is 35.5. The van der Waals surface area contributed by atoms with Crippen LogP contribution in [0.4, 0.5) is 5.69 Å². The third-order valence-electron chi connectivity index (χ3n) is 2.09. The molecule has 0 unspecified atom stereocenters. The Bertz CT molecular complexity index is 451. The van der Waals surface area contributed by atoms with Gasteiger partial charge in [-0.05, 0) is 13.0 Å². The minimum atomic E-state index is -0.535. The molecule has 0 bridgehead atoms. The van der Waals surface area contributed by atoms with E-state index in [4.69, 9.17) is 16.3 Å². The van der Waals surface area contributed by atoms with Gasteiger partial charge in [0.1, 0.15) is 5.75 Å². The lowest BCUT2D eigenvalue weighted by atomic mass is 10.3. The molecule has 0 radical (unpaired) electrons. The summed E-state index contributed by atoms with van der Waals surface area (Å²) >= 11 is 5.83. The molecule has 0 fully saturated rings. The lowest BCUT2D eigenvalue weighted by Gasteiger charge is -2.07. The van der Waals surface area contributed by atoms with Crippen LogP contribution in [0.25, 0.3) is 0 Å². The summed E-state index contributed by atoms with van der Waals surface area (Å²) in [7, 11) is 0. The van der Waals surface area contributed by atoms with E-state index in [1.807, 2.05) is 6.92 Å². The Morgan fingerprint density at radius 3 is 2.89 bits per heavy atom. The number of halogens is 1. The fourth-order valence-electron chi connectivity index (χ4n) is 1.26. The van der Waals surface area contributed by atoms with E-state index in [-0.39, 0.29) is 35.4 Å². The van der Waals surface area contributed by atoms with Crippen molar-refractivity contribution in [1.82, 2.24) is 5.32 Å². The van der Waals surface area contributed by atoms with Gasteiger partial charge < -0.3 is 10.1 Å². The Hall–Kier alpha value is -1.82. The van der Waals surface area contributed by atoms with Crippen molar-refractivity contribution < 1.29 is 14.5 Å². The molecule has 0 aliphatic carbocycles. The second-order valence-corrected chi connectivity index (χ2v) is 3.83. The van der Waals surface area contributed by atoms with Crippen LogP contribution < -0.4 is 10.1 Å². The number of amides is 1. The summed E-state index contributed by atoms with van der Waals surface area (Å²) in [5.41, 5.74) is -0.104. The smallest absolute Gasteiger partial charge is 0.273 e. The summed E-state index contributed by atoms with van der Waals surface area (Å²) in [6.45, 7) is 2.49. The van der Waals surface area contributed by atoms with E-state index >= 15 is 0 Å². The first-order valence-corrected chi connectivity index (χ1v) is 5.75. The fraction of sp³-hybridized carbons (Fsp3) is 0.364. The molecule has 0 saturated carbocycles. The van der Waals surface area contributed by atoms with Gasteiger partial charge in [-0.25, -0.2) is 0 Å². The second-order valence-electron chi connectivity index (χ2n) is 3.42. The van der Waals surface area contributed by atoms with Crippen molar-refractivity contribution in [3.05, 3.63) is 33.3 Å². The van der Waals surface area contributed by atoms with Crippen LogP contribution in [0.3, 0.4) is 0 Å². The zero-order chi connectivity index (χ0) is 13.5. The first-order chi connectivity index (χ1) is 8.54. The van der Waals surface area contributed by atoms with E-state index in [0.29, 0.717) is 6.54 Å². The van der Waals surface area contributed by atoms with Gasteiger partial charge in [0.2, 0.25) is 5.91 Å². The van der Waals surface area contributed by atoms with Crippen LogP contribution in [-0.2, 0) is 4.79 Å². The molecule has 1 rings (SSSR count). The van der Waals surface area contributed by atoms with Gasteiger partial charge in [0.25, 0.3) is 5.69 Å². The zero-order valence-corrected chi connectivity index (χ0v) is 10.6. The molecule has 0 aliphatic rings. The molecular formula is C11H13ClN2O4. The lowest BCUT2D eigenvalue weighted by Crippen LogP contribution is -2.24. The number of carbonyl (C=O) groups is 1. The molecule has 6 nitrogen and oxygen atoms in total. The standard InChI is InChI=1S/C11H13ClN2O4/c1-2-13-11(15)5-6-18-10-7-8(14(16)17)3-4-9(10)12/h3-4,7H,2,5-6H2,1H3,(H,13,15). The molecule has 0 aromatic heterocycles. The Morgan fingerprint density at radius 2 is 2.28 bits per heavy atom. The minimum absolute atomic E-state index is 0.104. The summed E-state index contributed by atoms with van der Waals surface area (Å²) in [6.07, 6.45) is 0.173. The van der Waals surface area contributed by atoms with Crippen LogP contribution in [0, 0.1) is 10.1 Å². The Kier molecular flexibility index (Phi) is 5.38. The van der Waals surface area contributed by atoms with E-state index in [1.165, 1.54) is 18.2 Å². The van der Waals surface area contributed by atoms with Gasteiger partial charge in [0, 0.05) is 12.6 Å². The third-order valence-corrected chi connectivity index (χ3v) is 2.40. The van der Waals surface area contributed by atoms with Crippen molar-refractivity contribution in [2.75, 3.05) is 13.2 Å². The number of carbonyl (C=O) groups excluding carboxylic acids is 1. The van der Waals surface area contributed by atoms with Crippen molar-refractivity contribution in [3.63, 3.8) is 0 Å². The zero-order valence-electron chi connectivity index (χ0n) is 9.81. The number of nitro groups is 1. The normalized spacial score (nSPS) is 9.89. The van der Waals surface area contributed by atoms with Gasteiger partial charge in [0.05, 0.1) is 29.0 Å². The highest BCUT2D eigenvalue weighted by Crippen LogP contribution is 2.28. The molecule has 1 N–H and O–H groups in total. The number of hydrogen-bond donors (Lipinski definition) is 1. The molecule has 1 aromatic rings. The third kappa shape index (κ3) is 4.21. The van der Waals surface area contributed by atoms with Gasteiger partial charge in [-0.3, -0.25) is 14.9 Å². The highest BCUT2D eigenvalue weighted by molar-refractivity contribution is 6.32.